The van der Waals surface area contributed by atoms with E-state index < -0.39 is 0 Å². The minimum Gasteiger partial charge on any atom is -0.397 e. The smallest absolute Gasteiger partial charge is 0.257 e. The van der Waals surface area contributed by atoms with Gasteiger partial charge in [0.1, 0.15) is 0 Å². The van der Waals surface area contributed by atoms with Crippen LogP contribution in [0, 0.1) is 13.8 Å². The number of nitrogens with zero attached hydrogens (tertiary/aromatic N) is 1. The molecule has 0 saturated carbocycles. The molecule has 92 valence electrons. The normalized spacial score (nSPS) is 10.1. The fourth-order valence-electron chi connectivity index (χ4n) is 1.69. The second kappa shape index (κ2) is 4.87. The molecule has 0 radical (unpaired) electrons. The highest BCUT2D eigenvalue weighted by Gasteiger charge is 2.11. The van der Waals surface area contributed by atoms with Crippen molar-refractivity contribution in [1.29, 1.82) is 0 Å². The Morgan fingerprint density at radius 3 is 2.78 bits per heavy atom. The number of nitrogens with one attached hydrogen (secondary N) is 1. The van der Waals surface area contributed by atoms with Gasteiger partial charge in [-0.15, -0.1) is 0 Å². The molecule has 0 aliphatic heterocycles. The lowest BCUT2D eigenvalue weighted by atomic mass is 10.1. The molecule has 4 nitrogen and oxygen atoms in total. The molecule has 1 aromatic heterocycles. The van der Waals surface area contributed by atoms with Crippen LogP contribution in [0.5, 0.6) is 0 Å². The van der Waals surface area contributed by atoms with Gasteiger partial charge >= 0.3 is 0 Å². The van der Waals surface area contributed by atoms with E-state index >= 15 is 0 Å². The quantitative estimate of drug-likeness (QED) is 0.849. The SMILES string of the molecule is Cc1cccc(NC(=O)c2ccncc2N)c1C. The zero-order valence-electron chi connectivity index (χ0n) is 10.4. The first kappa shape index (κ1) is 12.1. The molecule has 0 atom stereocenters. The number of aromatic nitrogens is 1. The second-order valence-electron chi connectivity index (χ2n) is 4.16. The van der Waals surface area contributed by atoms with Crippen molar-refractivity contribution in [3.63, 3.8) is 0 Å². The van der Waals surface area contributed by atoms with Gasteiger partial charge < -0.3 is 11.1 Å². The Hall–Kier alpha value is -2.36. The van der Waals surface area contributed by atoms with E-state index in [-0.39, 0.29) is 5.91 Å². The molecule has 0 aliphatic carbocycles. The molecule has 1 aromatic carbocycles. The van der Waals surface area contributed by atoms with E-state index in [2.05, 4.69) is 10.3 Å². The molecule has 0 fully saturated rings. The molecule has 1 amide bonds. The number of hydrogen-bond donors (Lipinski definition) is 2. The average Bonchev–Trinajstić information content (AvgIpc) is 2.35. The number of aryl methyl sites for hydroxylation is 1. The van der Waals surface area contributed by atoms with Crippen LogP contribution in [0.3, 0.4) is 0 Å². The van der Waals surface area contributed by atoms with Crippen LogP contribution in [0.15, 0.2) is 36.7 Å². The molecular weight excluding hydrogens is 226 g/mol. The number of benzene rings is 1. The molecule has 18 heavy (non-hydrogen) atoms. The molecule has 0 bridgehead atoms. The van der Waals surface area contributed by atoms with Gasteiger partial charge in [0.15, 0.2) is 0 Å². The van der Waals surface area contributed by atoms with Gasteiger partial charge in [-0.05, 0) is 37.1 Å². The van der Waals surface area contributed by atoms with E-state index in [0.29, 0.717) is 11.3 Å². The minimum absolute atomic E-state index is 0.219. The number of pyridine rings is 1. The summed E-state index contributed by atoms with van der Waals surface area (Å²) in [5.74, 6) is -0.219. The third-order valence-electron chi connectivity index (χ3n) is 2.95. The summed E-state index contributed by atoms with van der Waals surface area (Å²) in [4.78, 5) is 15.9. The molecule has 1 heterocycles. The van der Waals surface area contributed by atoms with E-state index in [1.807, 2.05) is 32.0 Å². The highest BCUT2D eigenvalue weighted by atomic mass is 16.1. The lowest BCUT2D eigenvalue weighted by Crippen LogP contribution is -2.15. The van der Waals surface area contributed by atoms with Crippen LogP contribution in [0.1, 0.15) is 21.5 Å². The monoisotopic (exact) mass is 241 g/mol. The maximum Gasteiger partial charge on any atom is 0.257 e. The first-order valence-electron chi connectivity index (χ1n) is 5.66. The standard InChI is InChI=1S/C14H15N3O/c1-9-4-3-5-13(10(9)2)17-14(18)11-6-7-16-8-12(11)15/h3-8H,15H2,1-2H3,(H,17,18). The van der Waals surface area contributed by atoms with Crippen molar-refractivity contribution < 1.29 is 4.79 Å². The Morgan fingerprint density at radius 1 is 1.28 bits per heavy atom. The van der Waals surface area contributed by atoms with E-state index in [4.69, 9.17) is 5.73 Å². The molecule has 0 unspecified atom stereocenters. The molecule has 2 rings (SSSR count). The van der Waals surface area contributed by atoms with Crippen molar-refractivity contribution in [3.8, 4) is 0 Å². The summed E-state index contributed by atoms with van der Waals surface area (Å²) in [6.07, 6.45) is 3.02. The maximum atomic E-state index is 12.1. The number of nitrogens with two attached hydrogens (primary N) is 1. The summed E-state index contributed by atoms with van der Waals surface area (Å²) in [6, 6.07) is 7.40. The van der Waals surface area contributed by atoms with Crippen molar-refractivity contribution in [1.82, 2.24) is 4.98 Å². The number of rotatable bonds is 2. The lowest BCUT2D eigenvalue weighted by Gasteiger charge is -2.11. The molecule has 0 spiro atoms. The zero-order chi connectivity index (χ0) is 13.1. The van der Waals surface area contributed by atoms with Crippen molar-refractivity contribution in [2.75, 3.05) is 11.1 Å². The van der Waals surface area contributed by atoms with Gasteiger partial charge in [0.05, 0.1) is 17.4 Å². The van der Waals surface area contributed by atoms with Gasteiger partial charge in [-0.3, -0.25) is 9.78 Å². The first-order chi connectivity index (χ1) is 8.59. The van der Waals surface area contributed by atoms with E-state index in [9.17, 15) is 4.79 Å². The van der Waals surface area contributed by atoms with Crippen molar-refractivity contribution >= 4 is 17.3 Å². The number of carbonyl (C=O) groups excluding carboxylic acids is 1. The van der Waals surface area contributed by atoms with Gasteiger partial charge in [0.25, 0.3) is 5.91 Å². The lowest BCUT2D eigenvalue weighted by molar-refractivity contribution is 0.102. The molecule has 2 aromatic rings. The van der Waals surface area contributed by atoms with Crippen LogP contribution in [-0.4, -0.2) is 10.9 Å². The Morgan fingerprint density at radius 2 is 2.06 bits per heavy atom. The Bertz CT molecular complexity index is 593. The highest BCUT2D eigenvalue weighted by Crippen LogP contribution is 2.19. The van der Waals surface area contributed by atoms with Crippen molar-refractivity contribution in [3.05, 3.63) is 53.3 Å². The van der Waals surface area contributed by atoms with Gasteiger partial charge in [-0.2, -0.15) is 0 Å². The van der Waals surface area contributed by atoms with Gasteiger partial charge in [0, 0.05) is 11.9 Å². The average molecular weight is 241 g/mol. The summed E-state index contributed by atoms with van der Waals surface area (Å²) in [6.45, 7) is 3.98. The summed E-state index contributed by atoms with van der Waals surface area (Å²) >= 11 is 0. The Labute approximate surface area is 106 Å². The van der Waals surface area contributed by atoms with Crippen LogP contribution in [0.25, 0.3) is 0 Å². The summed E-state index contributed by atoms with van der Waals surface area (Å²) in [5.41, 5.74) is 9.52. The summed E-state index contributed by atoms with van der Waals surface area (Å²) in [7, 11) is 0. The summed E-state index contributed by atoms with van der Waals surface area (Å²) in [5, 5.41) is 2.86. The van der Waals surface area contributed by atoms with Crippen molar-refractivity contribution in [2.24, 2.45) is 0 Å². The predicted octanol–water partition coefficient (Wildman–Crippen LogP) is 2.53. The molecule has 0 aliphatic rings. The van der Waals surface area contributed by atoms with E-state index in [1.54, 1.807) is 12.3 Å². The first-order valence-corrected chi connectivity index (χ1v) is 5.66. The van der Waals surface area contributed by atoms with Gasteiger partial charge in [-0.25, -0.2) is 0 Å². The highest BCUT2D eigenvalue weighted by molar-refractivity contribution is 6.07. The summed E-state index contributed by atoms with van der Waals surface area (Å²) < 4.78 is 0. The Kier molecular flexibility index (Phi) is 3.28. The molecular formula is C14H15N3O. The largest absolute Gasteiger partial charge is 0.397 e. The van der Waals surface area contributed by atoms with Gasteiger partial charge in [-0.1, -0.05) is 12.1 Å². The third-order valence-corrected chi connectivity index (χ3v) is 2.95. The number of hydrogen-bond acceptors (Lipinski definition) is 3. The maximum absolute atomic E-state index is 12.1. The van der Waals surface area contributed by atoms with Crippen molar-refractivity contribution in [2.45, 2.75) is 13.8 Å². The fourth-order valence-corrected chi connectivity index (χ4v) is 1.69. The van der Waals surface area contributed by atoms with E-state index in [0.717, 1.165) is 16.8 Å². The molecule has 4 heteroatoms. The number of anilines is 2. The Balaban J connectivity index is 2.27. The zero-order valence-corrected chi connectivity index (χ0v) is 10.4. The van der Waals surface area contributed by atoms with Crippen LogP contribution in [-0.2, 0) is 0 Å². The second-order valence-corrected chi connectivity index (χ2v) is 4.16. The number of amides is 1. The van der Waals surface area contributed by atoms with Gasteiger partial charge in [0.2, 0.25) is 0 Å². The molecule has 3 N–H and O–H groups in total. The van der Waals surface area contributed by atoms with Crippen LogP contribution in [0.2, 0.25) is 0 Å². The van der Waals surface area contributed by atoms with E-state index in [1.165, 1.54) is 6.20 Å². The minimum atomic E-state index is -0.219. The van der Waals surface area contributed by atoms with Crippen LogP contribution >= 0.6 is 0 Å². The molecule has 0 saturated heterocycles. The number of nitrogen functional groups attached to an aromatic ring is 1. The topological polar surface area (TPSA) is 68.0 Å². The third kappa shape index (κ3) is 2.32. The van der Waals surface area contributed by atoms with Crippen LogP contribution in [0.4, 0.5) is 11.4 Å². The number of carbonyl (C=O) groups is 1. The predicted molar refractivity (Wildman–Crippen MR) is 72.5 cm³/mol. The fraction of sp³-hybridized carbons (Fsp3) is 0.143. The van der Waals surface area contributed by atoms with Crippen LogP contribution < -0.4 is 11.1 Å².